The summed E-state index contributed by atoms with van der Waals surface area (Å²) in [6.07, 6.45) is 5.51. The van der Waals surface area contributed by atoms with E-state index in [1.807, 2.05) is 20.8 Å². The molecule has 2 unspecified atom stereocenters. The molecule has 29 heavy (non-hydrogen) atoms. The van der Waals surface area contributed by atoms with Crippen LogP contribution in [0.4, 0.5) is 10.1 Å². The number of para-hydroxylation sites is 1. The maximum atomic E-state index is 14.0. The summed E-state index contributed by atoms with van der Waals surface area (Å²) in [7, 11) is 0. The van der Waals surface area contributed by atoms with Crippen LogP contribution in [0.3, 0.4) is 0 Å². The Bertz CT molecular complexity index is 703. The topological polar surface area (TPSA) is 43.9 Å². The molecule has 0 aliphatic carbocycles. The van der Waals surface area contributed by atoms with E-state index in [9.17, 15) is 14.0 Å². The molecular weight excluding hydrogens is 369 g/mol. The fourth-order valence-corrected chi connectivity index (χ4v) is 4.56. The van der Waals surface area contributed by atoms with Crippen molar-refractivity contribution >= 4 is 17.5 Å². The number of hydrogen-bond donors (Lipinski definition) is 0. The molecule has 6 heteroatoms. The van der Waals surface area contributed by atoms with Gasteiger partial charge in [-0.05, 0) is 37.8 Å². The molecule has 0 N–H and O–H groups in total. The summed E-state index contributed by atoms with van der Waals surface area (Å²) in [6, 6.07) is 6.45. The van der Waals surface area contributed by atoms with E-state index < -0.39 is 0 Å². The Morgan fingerprint density at radius 2 is 1.83 bits per heavy atom. The summed E-state index contributed by atoms with van der Waals surface area (Å²) in [5.74, 6) is 0.0231. The van der Waals surface area contributed by atoms with Crippen LogP contribution in [0.5, 0.6) is 0 Å². The number of anilines is 1. The highest BCUT2D eigenvalue weighted by molar-refractivity contribution is 5.89. The number of amides is 2. The summed E-state index contributed by atoms with van der Waals surface area (Å²) < 4.78 is 14.0. The summed E-state index contributed by atoms with van der Waals surface area (Å²) >= 11 is 0. The Balaban J connectivity index is 1.60. The number of carbonyl (C=O) groups excluding carboxylic acids is 2. The lowest BCUT2D eigenvalue weighted by Crippen LogP contribution is -2.55. The number of unbranched alkanes of at least 4 members (excludes halogenated alkanes) is 1. The van der Waals surface area contributed by atoms with Crippen LogP contribution < -0.4 is 4.90 Å². The third-order valence-corrected chi connectivity index (χ3v) is 6.35. The van der Waals surface area contributed by atoms with Crippen molar-refractivity contribution in [3.63, 3.8) is 0 Å². The average Bonchev–Trinajstić information content (AvgIpc) is 3.24. The molecule has 0 saturated carbocycles. The van der Waals surface area contributed by atoms with Gasteiger partial charge in [0.25, 0.3) is 0 Å². The summed E-state index contributed by atoms with van der Waals surface area (Å²) in [6.45, 7) is 7.25. The maximum Gasteiger partial charge on any atom is 0.245 e. The van der Waals surface area contributed by atoms with Crippen molar-refractivity contribution in [3.05, 3.63) is 30.1 Å². The normalized spacial score (nSPS) is 20.8. The predicted molar refractivity (Wildman–Crippen MR) is 113 cm³/mol. The molecule has 160 valence electrons. The van der Waals surface area contributed by atoms with Crippen LogP contribution in [-0.2, 0) is 9.59 Å². The van der Waals surface area contributed by atoms with Crippen LogP contribution in [0.2, 0.25) is 0 Å². The maximum absolute atomic E-state index is 14.0. The van der Waals surface area contributed by atoms with Gasteiger partial charge in [-0.1, -0.05) is 38.8 Å². The van der Waals surface area contributed by atoms with Gasteiger partial charge in [-0.25, -0.2) is 4.39 Å². The van der Waals surface area contributed by atoms with Crippen LogP contribution >= 0.6 is 0 Å². The van der Waals surface area contributed by atoms with Crippen LogP contribution in [0.25, 0.3) is 0 Å². The predicted octanol–water partition coefficient (Wildman–Crippen LogP) is 3.68. The first-order chi connectivity index (χ1) is 14.1. The number of likely N-dealkylation sites (tertiary alicyclic amines) is 1. The van der Waals surface area contributed by atoms with Crippen molar-refractivity contribution in [1.29, 1.82) is 0 Å². The molecule has 3 rings (SSSR count). The van der Waals surface area contributed by atoms with Crippen molar-refractivity contribution < 1.29 is 14.0 Å². The third kappa shape index (κ3) is 4.90. The van der Waals surface area contributed by atoms with Crippen molar-refractivity contribution in [2.75, 3.05) is 37.6 Å². The minimum absolute atomic E-state index is 0.0289. The van der Waals surface area contributed by atoms with E-state index in [1.54, 1.807) is 12.1 Å². The molecule has 0 spiro atoms. The second-order valence-corrected chi connectivity index (χ2v) is 8.20. The Morgan fingerprint density at radius 1 is 1.10 bits per heavy atom. The van der Waals surface area contributed by atoms with Gasteiger partial charge in [0.1, 0.15) is 11.9 Å². The zero-order valence-electron chi connectivity index (χ0n) is 17.8. The highest BCUT2D eigenvalue weighted by atomic mass is 19.1. The van der Waals surface area contributed by atoms with Crippen molar-refractivity contribution in [3.8, 4) is 0 Å². The van der Waals surface area contributed by atoms with Gasteiger partial charge in [0.2, 0.25) is 11.8 Å². The van der Waals surface area contributed by atoms with Gasteiger partial charge in [-0.15, -0.1) is 0 Å². The second kappa shape index (κ2) is 10.1. The fraction of sp³-hybridized carbons (Fsp3) is 0.652. The fourth-order valence-electron chi connectivity index (χ4n) is 4.56. The van der Waals surface area contributed by atoms with Crippen molar-refractivity contribution in [2.24, 2.45) is 5.92 Å². The number of nitrogens with zero attached hydrogens (tertiary/aromatic N) is 3. The number of halogens is 1. The molecular formula is C23H34FN3O2. The molecule has 2 amide bonds. The standard InChI is InChI=1S/C23H34FN3O2/c1-3-5-9-18(4-2)22(28)27-13-8-12-21(27)23(29)26-16-14-25(15-17-26)20-11-7-6-10-19(20)24/h6-7,10-11,18,21H,3-5,8-9,12-17H2,1-2H3. The lowest BCUT2D eigenvalue weighted by atomic mass is 9.97. The van der Waals surface area contributed by atoms with Crippen LogP contribution in [0.15, 0.2) is 24.3 Å². The van der Waals surface area contributed by atoms with E-state index in [2.05, 4.69) is 13.8 Å². The zero-order valence-corrected chi connectivity index (χ0v) is 17.8. The molecule has 0 aromatic heterocycles. The van der Waals surface area contributed by atoms with E-state index in [4.69, 9.17) is 0 Å². The highest BCUT2D eigenvalue weighted by Crippen LogP contribution is 2.26. The van der Waals surface area contributed by atoms with Gasteiger partial charge in [-0.2, -0.15) is 0 Å². The monoisotopic (exact) mass is 403 g/mol. The molecule has 0 radical (unpaired) electrons. The number of carbonyl (C=O) groups is 2. The highest BCUT2D eigenvalue weighted by Gasteiger charge is 2.39. The van der Waals surface area contributed by atoms with Gasteiger partial charge in [-0.3, -0.25) is 9.59 Å². The molecule has 2 heterocycles. The van der Waals surface area contributed by atoms with Crippen LogP contribution in [0, 0.1) is 11.7 Å². The van der Waals surface area contributed by atoms with Gasteiger partial charge in [0.15, 0.2) is 0 Å². The Kier molecular flexibility index (Phi) is 7.51. The summed E-state index contributed by atoms with van der Waals surface area (Å²) in [5, 5.41) is 0. The van der Waals surface area contributed by atoms with Gasteiger partial charge in [0.05, 0.1) is 5.69 Å². The Morgan fingerprint density at radius 3 is 2.48 bits per heavy atom. The molecule has 5 nitrogen and oxygen atoms in total. The molecule has 0 bridgehead atoms. The number of piperazine rings is 1. The third-order valence-electron chi connectivity index (χ3n) is 6.35. The van der Waals surface area contributed by atoms with E-state index in [0.29, 0.717) is 38.4 Å². The second-order valence-electron chi connectivity index (χ2n) is 8.20. The lowest BCUT2D eigenvalue weighted by molar-refractivity contribution is -0.146. The molecule has 2 fully saturated rings. The van der Waals surface area contributed by atoms with Crippen molar-refractivity contribution in [2.45, 2.75) is 58.4 Å². The van der Waals surface area contributed by atoms with Crippen LogP contribution in [-0.4, -0.2) is 60.4 Å². The largest absolute Gasteiger partial charge is 0.366 e. The summed E-state index contributed by atoms with van der Waals surface area (Å²) in [5.41, 5.74) is 0.596. The SMILES string of the molecule is CCCCC(CC)C(=O)N1CCCC1C(=O)N1CCN(c2ccccc2F)CC1. The lowest BCUT2D eigenvalue weighted by Gasteiger charge is -2.38. The molecule has 2 saturated heterocycles. The zero-order chi connectivity index (χ0) is 20.8. The molecule has 2 aliphatic heterocycles. The first kappa shape index (κ1) is 21.6. The van der Waals surface area contributed by atoms with Gasteiger partial charge in [0, 0.05) is 38.6 Å². The van der Waals surface area contributed by atoms with Gasteiger partial charge < -0.3 is 14.7 Å². The Labute approximate surface area is 173 Å². The van der Waals surface area contributed by atoms with E-state index >= 15 is 0 Å². The minimum Gasteiger partial charge on any atom is -0.366 e. The first-order valence-corrected chi connectivity index (χ1v) is 11.2. The first-order valence-electron chi connectivity index (χ1n) is 11.2. The quantitative estimate of drug-likeness (QED) is 0.698. The number of rotatable bonds is 7. The summed E-state index contributed by atoms with van der Waals surface area (Å²) in [4.78, 5) is 31.9. The van der Waals surface area contributed by atoms with Crippen molar-refractivity contribution in [1.82, 2.24) is 9.80 Å². The van der Waals surface area contributed by atoms with E-state index in [0.717, 1.165) is 38.5 Å². The van der Waals surface area contributed by atoms with Crippen LogP contribution in [0.1, 0.15) is 52.4 Å². The molecule has 1 aromatic carbocycles. The molecule has 1 aromatic rings. The molecule has 2 atom stereocenters. The smallest absolute Gasteiger partial charge is 0.245 e. The molecule has 2 aliphatic rings. The van der Waals surface area contributed by atoms with E-state index in [1.165, 1.54) is 6.07 Å². The average molecular weight is 404 g/mol. The van der Waals surface area contributed by atoms with Gasteiger partial charge >= 0.3 is 0 Å². The minimum atomic E-state index is -0.321. The number of benzene rings is 1. The Hall–Kier alpha value is -2.11. The number of hydrogen-bond acceptors (Lipinski definition) is 3. The van der Waals surface area contributed by atoms with E-state index in [-0.39, 0.29) is 29.6 Å².